The number of anilines is 1. The van der Waals surface area contributed by atoms with Gasteiger partial charge in [-0.25, -0.2) is 0 Å². The van der Waals surface area contributed by atoms with Crippen LogP contribution in [0.4, 0.5) is 5.69 Å². The van der Waals surface area contributed by atoms with Gasteiger partial charge in [0.1, 0.15) is 17.2 Å². The molecular weight excluding hydrogens is 286 g/mol. The van der Waals surface area contributed by atoms with Crippen molar-refractivity contribution in [1.29, 1.82) is 0 Å². The monoisotopic (exact) mass is 309 g/mol. The van der Waals surface area contributed by atoms with Crippen molar-refractivity contribution < 1.29 is 9.84 Å². The summed E-state index contributed by atoms with van der Waals surface area (Å²) in [5.41, 5.74) is 4.12. The Kier molecular flexibility index (Phi) is 3.26. The van der Waals surface area contributed by atoms with E-state index >= 15 is 0 Å². The predicted molar refractivity (Wildman–Crippen MR) is 92.8 cm³/mol. The molecule has 120 valence electrons. The molecule has 3 nitrogen and oxygen atoms in total. The molecule has 1 spiro atoms. The van der Waals surface area contributed by atoms with Gasteiger partial charge in [-0.05, 0) is 55.2 Å². The van der Waals surface area contributed by atoms with Gasteiger partial charge >= 0.3 is 0 Å². The Bertz CT molecular complexity index is 747. The Balaban J connectivity index is 1.71. The molecule has 1 aliphatic carbocycles. The summed E-state index contributed by atoms with van der Waals surface area (Å²) in [4.78, 5) is 2.38. The van der Waals surface area contributed by atoms with Crippen LogP contribution < -0.4 is 9.64 Å². The highest BCUT2D eigenvalue weighted by Gasteiger charge is 2.43. The van der Waals surface area contributed by atoms with Crippen LogP contribution in [0.25, 0.3) is 0 Å². The number of phenolic OH excluding ortho intramolecular Hbond substituents is 1. The van der Waals surface area contributed by atoms with Crippen molar-refractivity contribution in [2.45, 2.75) is 38.0 Å². The van der Waals surface area contributed by atoms with Crippen molar-refractivity contribution in [3.05, 3.63) is 47.5 Å². The third kappa shape index (κ3) is 2.35. The number of rotatable bonds is 2. The van der Waals surface area contributed by atoms with Crippen molar-refractivity contribution in [3.8, 4) is 17.2 Å². The summed E-state index contributed by atoms with van der Waals surface area (Å²) in [6.07, 6.45) is 5.20. The zero-order valence-corrected chi connectivity index (χ0v) is 13.8. The van der Waals surface area contributed by atoms with Gasteiger partial charge in [-0.15, -0.1) is 0 Å². The van der Waals surface area contributed by atoms with E-state index in [-0.39, 0.29) is 5.75 Å². The van der Waals surface area contributed by atoms with E-state index in [9.17, 15) is 5.11 Å². The van der Waals surface area contributed by atoms with E-state index in [1.807, 2.05) is 19.1 Å². The smallest absolute Gasteiger partial charge is 0.134 e. The summed E-state index contributed by atoms with van der Waals surface area (Å²) in [7, 11) is 2.19. The Morgan fingerprint density at radius 2 is 1.87 bits per heavy atom. The molecule has 0 radical (unpaired) electrons. The van der Waals surface area contributed by atoms with E-state index in [4.69, 9.17) is 4.74 Å². The minimum atomic E-state index is 0.235. The van der Waals surface area contributed by atoms with Crippen LogP contribution in [0.2, 0.25) is 0 Å². The lowest BCUT2D eigenvalue weighted by Crippen LogP contribution is -2.28. The molecule has 1 aliphatic heterocycles. The maximum Gasteiger partial charge on any atom is 0.134 e. The van der Waals surface area contributed by atoms with Crippen LogP contribution in [-0.2, 0) is 5.41 Å². The van der Waals surface area contributed by atoms with E-state index in [1.165, 1.54) is 36.9 Å². The summed E-state index contributed by atoms with van der Waals surface area (Å²) in [6, 6.07) is 11.7. The highest BCUT2D eigenvalue weighted by molar-refractivity contribution is 5.64. The van der Waals surface area contributed by atoms with E-state index in [0.29, 0.717) is 5.41 Å². The Labute approximate surface area is 137 Å². The quantitative estimate of drug-likeness (QED) is 0.868. The second kappa shape index (κ2) is 5.19. The fraction of sp³-hybridized carbons (Fsp3) is 0.400. The van der Waals surface area contributed by atoms with E-state index < -0.39 is 0 Å². The number of benzene rings is 2. The van der Waals surface area contributed by atoms with Crippen LogP contribution in [0.1, 0.15) is 36.8 Å². The molecule has 1 fully saturated rings. The molecule has 2 aliphatic rings. The average Bonchev–Trinajstić information content (AvgIpc) is 3.10. The maximum absolute atomic E-state index is 9.69. The minimum Gasteiger partial charge on any atom is -0.508 e. The van der Waals surface area contributed by atoms with Crippen molar-refractivity contribution in [1.82, 2.24) is 0 Å². The summed E-state index contributed by atoms with van der Waals surface area (Å²) >= 11 is 0. The zero-order valence-electron chi connectivity index (χ0n) is 13.8. The van der Waals surface area contributed by atoms with Crippen LogP contribution in [0.3, 0.4) is 0 Å². The van der Waals surface area contributed by atoms with Gasteiger partial charge in [-0.2, -0.15) is 0 Å². The molecule has 4 rings (SSSR count). The van der Waals surface area contributed by atoms with Crippen molar-refractivity contribution in [3.63, 3.8) is 0 Å². The van der Waals surface area contributed by atoms with Gasteiger partial charge in [-0.3, -0.25) is 0 Å². The first-order chi connectivity index (χ1) is 11.1. The average molecular weight is 309 g/mol. The molecule has 1 heterocycles. The number of ether oxygens (including phenoxy) is 1. The van der Waals surface area contributed by atoms with Gasteiger partial charge in [0.15, 0.2) is 0 Å². The van der Waals surface area contributed by atoms with Gasteiger partial charge in [0.05, 0.1) is 0 Å². The third-order valence-electron chi connectivity index (χ3n) is 5.45. The SMILES string of the molecule is Cc1ccc(O)cc1Oc1ccc2c(c1)C1(CCCC1)CN2C. The van der Waals surface area contributed by atoms with E-state index in [1.54, 1.807) is 12.1 Å². The molecule has 0 atom stereocenters. The second-order valence-electron chi connectivity index (χ2n) is 7.07. The van der Waals surface area contributed by atoms with Crippen LogP contribution in [0.15, 0.2) is 36.4 Å². The van der Waals surface area contributed by atoms with E-state index in [2.05, 4.69) is 24.1 Å². The second-order valence-corrected chi connectivity index (χ2v) is 7.07. The van der Waals surface area contributed by atoms with Crippen molar-refractivity contribution in [2.24, 2.45) is 0 Å². The van der Waals surface area contributed by atoms with Gasteiger partial charge in [-0.1, -0.05) is 18.9 Å². The van der Waals surface area contributed by atoms with Crippen molar-refractivity contribution in [2.75, 3.05) is 18.5 Å². The molecule has 2 aromatic carbocycles. The number of hydrogen-bond donors (Lipinski definition) is 1. The lowest BCUT2D eigenvalue weighted by molar-refractivity contribution is 0.448. The largest absolute Gasteiger partial charge is 0.508 e. The zero-order chi connectivity index (χ0) is 16.0. The molecule has 23 heavy (non-hydrogen) atoms. The summed E-state index contributed by atoms with van der Waals surface area (Å²) in [5.74, 6) is 1.81. The summed E-state index contributed by atoms with van der Waals surface area (Å²) < 4.78 is 6.07. The Morgan fingerprint density at radius 3 is 2.65 bits per heavy atom. The first-order valence-electron chi connectivity index (χ1n) is 8.41. The highest BCUT2D eigenvalue weighted by Crippen LogP contribution is 2.51. The van der Waals surface area contributed by atoms with Crippen molar-refractivity contribution >= 4 is 5.69 Å². The van der Waals surface area contributed by atoms with Crippen LogP contribution >= 0.6 is 0 Å². The van der Waals surface area contributed by atoms with Gasteiger partial charge < -0.3 is 14.7 Å². The van der Waals surface area contributed by atoms with Gasteiger partial charge in [0, 0.05) is 30.8 Å². The molecule has 0 unspecified atom stereocenters. The van der Waals surface area contributed by atoms with Gasteiger partial charge in [0.2, 0.25) is 0 Å². The molecule has 0 saturated heterocycles. The number of aryl methyl sites for hydroxylation is 1. The fourth-order valence-corrected chi connectivity index (χ4v) is 4.27. The number of fused-ring (bicyclic) bond motifs is 2. The number of aromatic hydroxyl groups is 1. The molecule has 0 aromatic heterocycles. The van der Waals surface area contributed by atoms with Crippen LogP contribution in [-0.4, -0.2) is 18.7 Å². The first kappa shape index (κ1) is 14.4. The lowest BCUT2D eigenvalue weighted by Gasteiger charge is -2.24. The molecule has 1 saturated carbocycles. The summed E-state index contributed by atoms with van der Waals surface area (Å²) in [6.45, 7) is 3.12. The molecule has 2 aromatic rings. The normalized spacial score (nSPS) is 18.4. The molecule has 1 N–H and O–H groups in total. The predicted octanol–water partition coefficient (Wildman–Crippen LogP) is 4.75. The number of likely N-dealkylation sites (N-methyl/N-ethyl adjacent to an activating group) is 1. The Hall–Kier alpha value is -2.16. The lowest BCUT2D eigenvalue weighted by atomic mass is 9.81. The number of hydrogen-bond acceptors (Lipinski definition) is 3. The fourth-order valence-electron chi connectivity index (χ4n) is 4.27. The number of nitrogens with zero attached hydrogens (tertiary/aromatic N) is 1. The third-order valence-corrected chi connectivity index (χ3v) is 5.45. The maximum atomic E-state index is 9.69. The minimum absolute atomic E-state index is 0.235. The number of phenols is 1. The first-order valence-corrected chi connectivity index (χ1v) is 8.41. The topological polar surface area (TPSA) is 32.7 Å². The highest BCUT2D eigenvalue weighted by atomic mass is 16.5. The van der Waals surface area contributed by atoms with Crippen LogP contribution in [0.5, 0.6) is 17.2 Å². The van der Waals surface area contributed by atoms with Crippen LogP contribution in [0, 0.1) is 6.92 Å². The molecule has 0 amide bonds. The molecular formula is C20H23NO2. The Morgan fingerprint density at radius 1 is 1.09 bits per heavy atom. The van der Waals surface area contributed by atoms with Gasteiger partial charge in [0.25, 0.3) is 0 Å². The van der Waals surface area contributed by atoms with E-state index in [0.717, 1.165) is 23.6 Å². The summed E-state index contributed by atoms with van der Waals surface area (Å²) in [5, 5.41) is 9.69. The molecule has 0 bridgehead atoms. The standard InChI is InChI=1S/C20H23NO2/c1-14-5-6-15(22)11-19(14)23-16-7-8-18-17(12-16)20(13-21(18)2)9-3-4-10-20/h5-8,11-12,22H,3-4,9-10,13H2,1-2H3. The molecule has 3 heteroatoms.